The summed E-state index contributed by atoms with van der Waals surface area (Å²) in [5.74, 6) is 0.242. The Kier molecular flexibility index (Phi) is 4.40. The summed E-state index contributed by atoms with van der Waals surface area (Å²) in [4.78, 5) is 17.3. The number of hydrogen-bond donors (Lipinski definition) is 1. The first-order valence-corrected chi connectivity index (χ1v) is 9.91. The van der Waals surface area contributed by atoms with Crippen molar-refractivity contribution >= 4 is 34.6 Å². The average molecular weight is 419 g/mol. The maximum absolute atomic E-state index is 13.5. The molecule has 2 aliphatic rings. The van der Waals surface area contributed by atoms with Crippen molar-refractivity contribution in [1.29, 1.82) is 0 Å². The van der Waals surface area contributed by atoms with E-state index in [0.717, 1.165) is 22.5 Å². The van der Waals surface area contributed by atoms with Gasteiger partial charge in [-0.1, -0.05) is 36.4 Å². The molecule has 0 saturated carbocycles. The minimum Gasteiger partial charge on any atom is -0.495 e. The third-order valence-electron chi connectivity index (χ3n) is 5.47. The van der Waals surface area contributed by atoms with Gasteiger partial charge in [0.2, 0.25) is 0 Å². The molecule has 1 N–H and O–H groups in total. The highest BCUT2D eigenvalue weighted by Crippen LogP contribution is 2.47. The van der Waals surface area contributed by atoms with Crippen molar-refractivity contribution in [1.82, 2.24) is 4.90 Å². The van der Waals surface area contributed by atoms with Crippen LogP contribution in [0.15, 0.2) is 66.7 Å². The first-order chi connectivity index (χ1) is 14.6. The number of methoxy groups -OCH3 is 1. The zero-order valence-corrected chi connectivity index (χ0v) is 16.9. The van der Waals surface area contributed by atoms with Gasteiger partial charge in [0.05, 0.1) is 24.0 Å². The lowest BCUT2D eigenvalue weighted by Gasteiger charge is -2.48. The maximum atomic E-state index is 13.5. The summed E-state index contributed by atoms with van der Waals surface area (Å²) >= 11 is 5.71. The Labute approximate surface area is 178 Å². The topological polar surface area (TPSA) is 44.8 Å². The summed E-state index contributed by atoms with van der Waals surface area (Å²) in [6.07, 6.45) is -0.448. The number of fused-ring (bicyclic) bond motifs is 5. The lowest BCUT2D eigenvalue weighted by Crippen LogP contribution is -2.54. The van der Waals surface area contributed by atoms with E-state index in [4.69, 9.17) is 17.0 Å². The van der Waals surface area contributed by atoms with Gasteiger partial charge in [0.15, 0.2) is 5.11 Å². The first-order valence-electron chi connectivity index (χ1n) is 9.50. The number of carbonyl (C=O) groups excluding carboxylic acids is 1. The van der Waals surface area contributed by atoms with Gasteiger partial charge in [-0.25, -0.2) is 4.39 Å². The fourth-order valence-electron chi connectivity index (χ4n) is 4.11. The minimum absolute atomic E-state index is 0.102. The molecule has 0 bridgehead atoms. The molecule has 1 amide bonds. The molecule has 1 atom stereocenters. The van der Waals surface area contributed by atoms with E-state index in [9.17, 15) is 9.18 Å². The second-order valence-corrected chi connectivity index (χ2v) is 7.56. The maximum Gasteiger partial charge on any atom is 0.258 e. The third kappa shape index (κ3) is 2.81. The monoisotopic (exact) mass is 419 g/mol. The van der Waals surface area contributed by atoms with Gasteiger partial charge >= 0.3 is 0 Å². The van der Waals surface area contributed by atoms with E-state index in [1.165, 1.54) is 12.1 Å². The van der Waals surface area contributed by atoms with Gasteiger partial charge in [-0.2, -0.15) is 0 Å². The van der Waals surface area contributed by atoms with Crippen LogP contribution in [0.5, 0.6) is 5.75 Å². The Bertz CT molecular complexity index is 1170. The number of benzene rings is 3. The molecule has 0 aromatic heterocycles. The standard InChI is InChI=1S/C23H18FN3O2S/c1-29-19-8-4-6-17-20(19)25-23(30)27-18-7-3-2-5-16(18)22(28)26(21(17)27)13-14-9-11-15(24)12-10-14/h2-12,21H,13H2,1H3,(H,25,30). The summed E-state index contributed by atoms with van der Waals surface area (Å²) in [6.45, 7) is 0.313. The predicted molar refractivity (Wildman–Crippen MR) is 117 cm³/mol. The lowest BCUT2D eigenvalue weighted by atomic mass is 9.97. The van der Waals surface area contributed by atoms with Crippen molar-refractivity contribution < 1.29 is 13.9 Å². The molecular weight excluding hydrogens is 401 g/mol. The average Bonchev–Trinajstić information content (AvgIpc) is 2.77. The molecular formula is C23H18FN3O2S. The second kappa shape index (κ2) is 7.11. The summed E-state index contributed by atoms with van der Waals surface area (Å²) in [5, 5.41) is 3.76. The molecule has 30 heavy (non-hydrogen) atoms. The van der Waals surface area contributed by atoms with E-state index >= 15 is 0 Å². The summed E-state index contributed by atoms with van der Waals surface area (Å²) < 4.78 is 18.9. The van der Waals surface area contributed by atoms with Gasteiger partial charge in [-0.3, -0.25) is 9.69 Å². The van der Waals surface area contributed by atoms with Crippen LogP contribution in [-0.2, 0) is 6.54 Å². The molecule has 1 unspecified atom stereocenters. The van der Waals surface area contributed by atoms with E-state index < -0.39 is 6.17 Å². The Morgan fingerprint density at radius 3 is 2.60 bits per heavy atom. The fourth-order valence-corrected chi connectivity index (χ4v) is 4.41. The molecule has 7 heteroatoms. The van der Waals surface area contributed by atoms with E-state index in [2.05, 4.69) is 5.32 Å². The zero-order chi connectivity index (χ0) is 20.8. The van der Waals surface area contributed by atoms with Crippen LogP contribution in [0, 0.1) is 5.82 Å². The molecule has 5 rings (SSSR count). The van der Waals surface area contributed by atoms with Crippen molar-refractivity contribution in [3.63, 3.8) is 0 Å². The van der Waals surface area contributed by atoms with Crippen LogP contribution in [0.3, 0.4) is 0 Å². The molecule has 150 valence electrons. The van der Waals surface area contributed by atoms with Crippen molar-refractivity contribution in [2.45, 2.75) is 12.7 Å². The van der Waals surface area contributed by atoms with Gasteiger partial charge in [0.25, 0.3) is 5.91 Å². The Morgan fingerprint density at radius 1 is 1.07 bits per heavy atom. The highest BCUT2D eigenvalue weighted by atomic mass is 32.1. The number of nitrogens with zero attached hydrogens (tertiary/aromatic N) is 2. The predicted octanol–water partition coefficient (Wildman–Crippen LogP) is 4.71. The zero-order valence-electron chi connectivity index (χ0n) is 16.1. The van der Waals surface area contributed by atoms with Crippen LogP contribution >= 0.6 is 12.2 Å². The van der Waals surface area contributed by atoms with E-state index in [-0.39, 0.29) is 11.7 Å². The number of halogens is 1. The highest BCUT2D eigenvalue weighted by molar-refractivity contribution is 7.80. The number of nitrogens with one attached hydrogen (secondary N) is 1. The quantitative estimate of drug-likeness (QED) is 0.623. The van der Waals surface area contributed by atoms with Gasteiger partial charge in [0.1, 0.15) is 17.7 Å². The smallest absolute Gasteiger partial charge is 0.258 e. The molecule has 0 radical (unpaired) electrons. The van der Waals surface area contributed by atoms with Gasteiger partial charge in [-0.15, -0.1) is 0 Å². The van der Waals surface area contributed by atoms with Crippen molar-refractivity contribution in [2.24, 2.45) is 0 Å². The van der Waals surface area contributed by atoms with Crippen molar-refractivity contribution in [3.8, 4) is 5.75 Å². The highest BCUT2D eigenvalue weighted by Gasteiger charge is 2.44. The van der Waals surface area contributed by atoms with Crippen molar-refractivity contribution in [3.05, 3.63) is 89.2 Å². The van der Waals surface area contributed by atoms with Crippen LogP contribution in [0.25, 0.3) is 0 Å². The van der Waals surface area contributed by atoms with E-state index in [1.54, 1.807) is 30.2 Å². The van der Waals surface area contributed by atoms with Gasteiger partial charge in [0, 0.05) is 12.1 Å². The third-order valence-corrected chi connectivity index (χ3v) is 5.77. The molecule has 0 aliphatic carbocycles. The fraction of sp³-hybridized carbons (Fsp3) is 0.130. The first kappa shape index (κ1) is 18.6. The number of hydrogen-bond acceptors (Lipinski definition) is 3. The van der Waals surface area contributed by atoms with E-state index in [0.29, 0.717) is 23.0 Å². The number of ether oxygens (including phenoxy) is 1. The Hall–Kier alpha value is -3.45. The van der Waals surface area contributed by atoms with Crippen molar-refractivity contribution in [2.75, 3.05) is 17.3 Å². The van der Waals surface area contributed by atoms with Crippen LogP contribution < -0.4 is 15.0 Å². The normalized spacial score (nSPS) is 17.1. The summed E-state index contributed by atoms with van der Waals surface area (Å²) in [6, 6.07) is 19.3. The summed E-state index contributed by atoms with van der Waals surface area (Å²) in [5.41, 5.74) is 3.80. The molecule has 0 saturated heterocycles. The molecule has 3 aromatic carbocycles. The second-order valence-electron chi connectivity index (χ2n) is 7.17. The molecule has 0 fully saturated rings. The number of para-hydroxylation sites is 2. The SMILES string of the molecule is COc1cccc2c1NC(=S)N1c3ccccc3C(=O)N(Cc3ccc(F)cc3)C21. The van der Waals surface area contributed by atoms with Crippen LogP contribution in [-0.4, -0.2) is 23.0 Å². The molecule has 5 nitrogen and oxygen atoms in total. The van der Waals surface area contributed by atoms with E-state index in [1.807, 2.05) is 41.3 Å². The van der Waals surface area contributed by atoms with Crippen LogP contribution in [0.4, 0.5) is 15.8 Å². The molecule has 3 aromatic rings. The number of rotatable bonds is 3. The van der Waals surface area contributed by atoms with Crippen LogP contribution in [0.2, 0.25) is 0 Å². The minimum atomic E-state index is -0.448. The van der Waals surface area contributed by atoms with Gasteiger partial charge < -0.3 is 15.0 Å². The number of thiocarbonyl (C=S) groups is 1. The summed E-state index contributed by atoms with van der Waals surface area (Å²) in [7, 11) is 1.60. The Balaban J connectivity index is 1.70. The molecule has 2 heterocycles. The largest absolute Gasteiger partial charge is 0.495 e. The molecule has 0 spiro atoms. The number of carbonyl (C=O) groups is 1. The Morgan fingerprint density at radius 2 is 1.83 bits per heavy atom. The lowest BCUT2D eigenvalue weighted by molar-refractivity contribution is 0.0645. The van der Waals surface area contributed by atoms with Gasteiger partial charge in [-0.05, 0) is 48.1 Å². The van der Waals surface area contributed by atoms with Crippen LogP contribution in [0.1, 0.15) is 27.7 Å². The number of amides is 1. The molecule has 2 aliphatic heterocycles. The number of anilines is 2.